The molecule has 0 aliphatic carbocycles. The molecular formula is C20H28N4O2S. The Morgan fingerprint density at radius 2 is 2.19 bits per heavy atom. The molecule has 1 aliphatic rings. The van der Waals surface area contributed by atoms with Crippen molar-refractivity contribution >= 4 is 33.4 Å². The van der Waals surface area contributed by atoms with Crippen LogP contribution in [-0.2, 0) is 9.59 Å². The Bertz CT molecular complexity index is 758. The van der Waals surface area contributed by atoms with E-state index in [0.29, 0.717) is 19.0 Å². The van der Waals surface area contributed by atoms with Gasteiger partial charge in [-0.25, -0.2) is 4.98 Å². The van der Waals surface area contributed by atoms with E-state index in [1.165, 1.54) is 4.70 Å². The number of fused-ring (bicyclic) bond motifs is 1. The molecule has 2 N–H and O–H groups in total. The molecule has 1 aromatic carbocycles. The smallest absolute Gasteiger partial charge is 0.242 e. The molecule has 7 heteroatoms. The number of thiazole rings is 1. The molecule has 0 radical (unpaired) electrons. The molecule has 1 fully saturated rings. The van der Waals surface area contributed by atoms with Gasteiger partial charge in [0.15, 0.2) is 0 Å². The molecule has 2 atom stereocenters. The van der Waals surface area contributed by atoms with Gasteiger partial charge in [-0.15, -0.1) is 11.3 Å². The first-order valence-electron chi connectivity index (χ1n) is 9.71. The highest BCUT2D eigenvalue weighted by Gasteiger charge is 2.26. The zero-order chi connectivity index (χ0) is 19.2. The lowest BCUT2D eigenvalue weighted by Gasteiger charge is -2.31. The summed E-state index contributed by atoms with van der Waals surface area (Å²) in [5.41, 5.74) is 1.05. The maximum Gasteiger partial charge on any atom is 0.242 e. The highest BCUT2D eigenvalue weighted by Crippen LogP contribution is 2.32. The molecule has 0 saturated carbocycles. The first kappa shape index (κ1) is 19.8. The molecular weight excluding hydrogens is 360 g/mol. The maximum atomic E-state index is 12.3. The Morgan fingerprint density at radius 1 is 1.37 bits per heavy atom. The predicted molar refractivity (Wildman–Crippen MR) is 109 cm³/mol. The van der Waals surface area contributed by atoms with Crippen LogP contribution in [0.4, 0.5) is 0 Å². The summed E-state index contributed by atoms with van der Waals surface area (Å²) in [5, 5.41) is 6.78. The van der Waals surface area contributed by atoms with Gasteiger partial charge in [0.2, 0.25) is 11.8 Å². The van der Waals surface area contributed by atoms with Crippen molar-refractivity contribution in [1.82, 2.24) is 20.5 Å². The quantitative estimate of drug-likeness (QED) is 0.764. The molecule has 2 amide bonds. The molecule has 1 aliphatic heterocycles. The summed E-state index contributed by atoms with van der Waals surface area (Å²) < 4.78 is 1.22. The average Bonchev–Trinajstić information content (AvgIpc) is 3.10. The van der Waals surface area contributed by atoms with E-state index in [9.17, 15) is 9.59 Å². The number of hydrogen-bond donors (Lipinski definition) is 2. The van der Waals surface area contributed by atoms with Crippen LogP contribution in [0, 0.1) is 0 Å². The molecule has 6 nitrogen and oxygen atoms in total. The summed E-state index contributed by atoms with van der Waals surface area (Å²) in [6.07, 6.45) is 3.04. The highest BCUT2D eigenvalue weighted by molar-refractivity contribution is 7.18. The summed E-state index contributed by atoms with van der Waals surface area (Å²) in [6.45, 7) is 6.43. The van der Waals surface area contributed by atoms with Crippen molar-refractivity contribution in [1.29, 1.82) is 0 Å². The second kappa shape index (κ2) is 9.28. The number of carbonyl (C=O) groups excluding carboxylic acids is 2. The molecule has 146 valence electrons. The van der Waals surface area contributed by atoms with Gasteiger partial charge in [-0.05, 0) is 44.9 Å². The van der Waals surface area contributed by atoms with E-state index in [4.69, 9.17) is 4.98 Å². The fourth-order valence-electron chi connectivity index (χ4n) is 3.42. The monoisotopic (exact) mass is 388 g/mol. The van der Waals surface area contributed by atoms with Crippen molar-refractivity contribution in [3.8, 4) is 0 Å². The Hall–Kier alpha value is -1.99. The normalized spacial score (nSPS) is 19.0. The van der Waals surface area contributed by atoms with Gasteiger partial charge < -0.3 is 10.6 Å². The number of benzene rings is 1. The molecule has 3 rings (SSSR count). The molecule has 27 heavy (non-hydrogen) atoms. The molecule has 0 unspecified atom stereocenters. The van der Waals surface area contributed by atoms with Crippen LogP contribution in [0.3, 0.4) is 0 Å². The number of likely N-dealkylation sites (tertiary alicyclic amines) is 1. The van der Waals surface area contributed by atoms with E-state index in [0.717, 1.165) is 42.9 Å². The number of piperidine rings is 1. The number of amides is 2. The van der Waals surface area contributed by atoms with Crippen molar-refractivity contribution < 1.29 is 9.59 Å². The summed E-state index contributed by atoms with van der Waals surface area (Å²) in [7, 11) is 0. The fourth-order valence-corrected chi connectivity index (χ4v) is 4.52. The summed E-state index contributed by atoms with van der Waals surface area (Å²) in [4.78, 5) is 31.2. The van der Waals surface area contributed by atoms with Gasteiger partial charge in [-0.3, -0.25) is 14.5 Å². The Morgan fingerprint density at radius 3 is 2.96 bits per heavy atom. The largest absolute Gasteiger partial charge is 0.354 e. The van der Waals surface area contributed by atoms with Crippen LogP contribution in [0.1, 0.15) is 44.0 Å². The van der Waals surface area contributed by atoms with Crippen molar-refractivity contribution in [2.24, 2.45) is 0 Å². The van der Waals surface area contributed by atoms with Crippen LogP contribution in [0.15, 0.2) is 24.3 Å². The summed E-state index contributed by atoms with van der Waals surface area (Å²) in [5.74, 6) is 0.143. The highest BCUT2D eigenvalue weighted by atomic mass is 32.1. The lowest BCUT2D eigenvalue weighted by Crippen LogP contribution is -2.49. The Labute approximate surface area is 164 Å². The van der Waals surface area contributed by atoms with Gasteiger partial charge in [0.25, 0.3) is 0 Å². The van der Waals surface area contributed by atoms with Crippen LogP contribution in [0.5, 0.6) is 0 Å². The zero-order valence-corrected chi connectivity index (χ0v) is 16.8. The van der Waals surface area contributed by atoms with Crippen LogP contribution in [0.25, 0.3) is 10.2 Å². The SMILES string of the molecule is CCCNC(=O)[C@@H](C)NC(=O)CN1CCC[C@H](c2nc3ccccc3s2)C1. The minimum atomic E-state index is -0.506. The molecule has 0 spiro atoms. The maximum absolute atomic E-state index is 12.3. The van der Waals surface area contributed by atoms with E-state index in [-0.39, 0.29) is 11.8 Å². The first-order chi connectivity index (χ1) is 13.1. The second-order valence-electron chi connectivity index (χ2n) is 7.17. The van der Waals surface area contributed by atoms with Crippen molar-refractivity contribution in [2.45, 2.75) is 45.1 Å². The number of carbonyl (C=O) groups is 2. The molecule has 2 aromatic rings. The third kappa shape index (κ3) is 5.26. The number of para-hydroxylation sites is 1. The van der Waals surface area contributed by atoms with Crippen LogP contribution in [-0.4, -0.2) is 53.9 Å². The summed E-state index contributed by atoms with van der Waals surface area (Å²) >= 11 is 1.76. The Kier molecular flexibility index (Phi) is 6.79. The van der Waals surface area contributed by atoms with E-state index >= 15 is 0 Å². The first-order valence-corrected chi connectivity index (χ1v) is 10.5. The molecule has 0 bridgehead atoms. The lowest BCUT2D eigenvalue weighted by atomic mass is 9.99. The van der Waals surface area contributed by atoms with Crippen LogP contribution >= 0.6 is 11.3 Å². The van der Waals surface area contributed by atoms with Crippen molar-refractivity contribution in [3.63, 3.8) is 0 Å². The standard InChI is InChI=1S/C20H28N4O2S/c1-3-10-21-19(26)14(2)22-18(25)13-24-11-6-7-15(12-24)20-23-16-8-4-5-9-17(16)27-20/h4-5,8-9,14-15H,3,6-7,10-13H2,1-2H3,(H,21,26)(H,22,25)/t14-,15+/m1/s1. The predicted octanol–water partition coefficient (Wildman–Crippen LogP) is 2.51. The van der Waals surface area contributed by atoms with Gasteiger partial charge >= 0.3 is 0 Å². The number of hydrogen-bond acceptors (Lipinski definition) is 5. The van der Waals surface area contributed by atoms with Crippen molar-refractivity contribution in [2.75, 3.05) is 26.2 Å². The molecule has 2 heterocycles. The second-order valence-corrected chi connectivity index (χ2v) is 8.24. The van der Waals surface area contributed by atoms with Crippen LogP contribution in [0.2, 0.25) is 0 Å². The fraction of sp³-hybridized carbons (Fsp3) is 0.550. The number of rotatable bonds is 7. The van der Waals surface area contributed by atoms with E-state index in [2.05, 4.69) is 21.6 Å². The minimum absolute atomic E-state index is 0.0981. The Balaban J connectivity index is 1.53. The molecule has 1 saturated heterocycles. The number of aromatic nitrogens is 1. The van der Waals surface area contributed by atoms with Gasteiger partial charge in [0, 0.05) is 19.0 Å². The minimum Gasteiger partial charge on any atom is -0.354 e. The van der Waals surface area contributed by atoms with Gasteiger partial charge in [0.1, 0.15) is 6.04 Å². The van der Waals surface area contributed by atoms with Gasteiger partial charge in [0.05, 0.1) is 21.8 Å². The van der Waals surface area contributed by atoms with Crippen molar-refractivity contribution in [3.05, 3.63) is 29.3 Å². The summed E-state index contributed by atoms with van der Waals surface area (Å²) in [6, 6.07) is 7.71. The van der Waals surface area contributed by atoms with Gasteiger partial charge in [-0.2, -0.15) is 0 Å². The van der Waals surface area contributed by atoms with E-state index in [1.54, 1.807) is 18.3 Å². The van der Waals surface area contributed by atoms with Gasteiger partial charge in [-0.1, -0.05) is 19.1 Å². The topological polar surface area (TPSA) is 74.3 Å². The lowest BCUT2D eigenvalue weighted by molar-refractivity contribution is -0.129. The van der Waals surface area contributed by atoms with E-state index < -0.39 is 6.04 Å². The molecule has 1 aromatic heterocycles. The van der Waals surface area contributed by atoms with E-state index in [1.807, 2.05) is 25.1 Å². The number of nitrogens with zero attached hydrogens (tertiary/aromatic N) is 2. The zero-order valence-electron chi connectivity index (χ0n) is 16.0. The average molecular weight is 389 g/mol. The third-order valence-electron chi connectivity index (χ3n) is 4.85. The number of nitrogens with one attached hydrogen (secondary N) is 2. The van der Waals surface area contributed by atoms with Crippen LogP contribution < -0.4 is 10.6 Å². The third-order valence-corrected chi connectivity index (χ3v) is 6.05.